The highest BCUT2D eigenvalue weighted by molar-refractivity contribution is 5.90. The zero-order valence-corrected chi connectivity index (χ0v) is 14.8. The number of methoxy groups -OCH3 is 1. The summed E-state index contributed by atoms with van der Waals surface area (Å²) in [7, 11) is 1.69. The summed E-state index contributed by atoms with van der Waals surface area (Å²) in [6, 6.07) is 7.83. The van der Waals surface area contributed by atoms with Crippen LogP contribution in [0, 0.1) is 0 Å². The van der Waals surface area contributed by atoms with Crippen LogP contribution in [0.2, 0.25) is 0 Å². The lowest BCUT2D eigenvalue weighted by Crippen LogP contribution is -2.45. The summed E-state index contributed by atoms with van der Waals surface area (Å²) < 4.78 is 5.53. The maximum Gasteiger partial charge on any atom is 0.319 e. The van der Waals surface area contributed by atoms with Crippen molar-refractivity contribution in [2.45, 2.75) is 32.0 Å². The van der Waals surface area contributed by atoms with Gasteiger partial charge in [-0.2, -0.15) is 0 Å². The number of H-pyrrole nitrogens is 1. The molecular weight excluding hydrogens is 318 g/mol. The van der Waals surface area contributed by atoms with Gasteiger partial charge in [0.05, 0.1) is 30.4 Å². The standard InChI is InChI=1S/C18H25N5O2/c1-12(2)23-9-16(17(10-23)25-3)22-18(24)21-14-6-4-5-13(7-14)15-8-19-11-20-15/h4-8,11-12,16-17H,9-10H2,1-3H3,(H,19,20)(H2,21,22,24)/t16-,17-/m1/s1. The zero-order chi connectivity index (χ0) is 17.8. The van der Waals surface area contributed by atoms with E-state index in [4.69, 9.17) is 4.74 Å². The molecule has 25 heavy (non-hydrogen) atoms. The molecule has 0 unspecified atom stereocenters. The number of benzene rings is 1. The third kappa shape index (κ3) is 4.18. The molecule has 0 saturated carbocycles. The fraction of sp³-hybridized carbons (Fsp3) is 0.444. The van der Waals surface area contributed by atoms with Crippen molar-refractivity contribution >= 4 is 11.7 Å². The number of hydrogen-bond donors (Lipinski definition) is 3. The van der Waals surface area contributed by atoms with Crippen LogP contribution in [0.5, 0.6) is 0 Å². The molecule has 1 fully saturated rings. The first-order valence-electron chi connectivity index (χ1n) is 8.50. The van der Waals surface area contributed by atoms with Crippen LogP contribution in [-0.4, -0.2) is 59.3 Å². The maximum absolute atomic E-state index is 12.4. The van der Waals surface area contributed by atoms with Crippen LogP contribution >= 0.6 is 0 Å². The van der Waals surface area contributed by atoms with Crippen LogP contribution in [0.4, 0.5) is 10.5 Å². The van der Waals surface area contributed by atoms with Gasteiger partial charge in [0.1, 0.15) is 0 Å². The van der Waals surface area contributed by atoms with Crippen molar-refractivity contribution in [1.29, 1.82) is 0 Å². The van der Waals surface area contributed by atoms with E-state index in [1.54, 1.807) is 19.6 Å². The van der Waals surface area contributed by atoms with Gasteiger partial charge in [0, 0.05) is 37.5 Å². The molecule has 7 heteroatoms. The Morgan fingerprint density at radius 2 is 2.24 bits per heavy atom. The summed E-state index contributed by atoms with van der Waals surface area (Å²) in [5, 5.41) is 5.93. The molecule has 1 aliphatic rings. The third-order valence-corrected chi connectivity index (χ3v) is 4.57. The zero-order valence-electron chi connectivity index (χ0n) is 14.8. The van der Waals surface area contributed by atoms with Crippen molar-refractivity contribution in [3.63, 3.8) is 0 Å². The molecule has 2 atom stereocenters. The molecule has 2 heterocycles. The second-order valence-corrected chi connectivity index (χ2v) is 6.57. The Labute approximate surface area is 147 Å². The second kappa shape index (κ2) is 7.67. The molecule has 0 spiro atoms. The second-order valence-electron chi connectivity index (χ2n) is 6.57. The Bertz CT molecular complexity index is 701. The summed E-state index contributed by atoms with van der Waals surface area (Å²) in [6.45, 7) is 5.92. The average Bonchev–Trinajstić information content (AvgIpc) is 3.24. The number of aromatic nitrogens is 2. The Balaban J connectivity index is 1.62. The Morgan fingerprint density at radius 3 is 2.92 bits per heavy atom. The Morgan fingerprint density at radius 1 is 1.40 bits per heavy atom. The average molecular weight is 343 g/mol. The van der Waals surface area contributed by atoms with Crippen molar-refractivity contribution in [2.75, 3.05) is 25.5 Å². The first-order chi connectivity index (χ1) is 12.1. The van der Waals surface area contributed by atoms with E-state index in [1.165, 1.54) is 0 Å². The molecule has 3 rings (SSSR count). The number of anilines is 1. The number of nitrogens with one attached hydrogen (secondary N) is 3. The third-order valence-electron chi connectivity index (χ3n) is 4.57. The van der Waals surface area contributed by atoms with Crippen molar-refractivity contribution in [2.24, 2.45) is 0 Å². The van der Waals surface area contributed by atoms with E-state index in [2.05, 4.69) is 39.3 Å². The van der Waals surface area contributed by atoms with Crippen molar-refractivity contribution in [1.82, 2.24) is 20.2 Å². The summed E-state index contributed by atoms with van der Waals surface area (Å²) in [6.07, 6.45) is 3.39. The first kappa shape index (κ1) is 17.4. The highest BCUT2D eigenvalue weighted by Crippen LogP contribution is 2.20. The van der Waals surface area contributed by atoms with Gasteiger partial charge in [0.25, 0.3) is 0 Å². The van der Waals surface area contributed by atoms with Crippen molar-refractivity contribution in [3.05, 3.63) is 36.8 Å². The van der Waals surface area contributed by atoms with Gasteiger partial charge in [-0.3, -0.25) is 4.90 Å². The van der Waals surface area contributed by atoms with Crippen LogP contribution in [-0.2, 0) is 4.74 Å². The Hall–Kier alpha value is -2.38. The number of nitrogens with zero attached hydrogens (tertiary/aromatic N) is 2. The van der Waals surface area contributed by atoms with Crippen molar-refractivity contribution in [3.8, 4) is 11.3 Å². The molecule has 1 aromatic carbocycles. The molecule has 3 N–H and O–H groups in total. The minimum absolute atomic E-state index is 0.00415. The summed E-state index contributed by atoms with van der Waals surface area (Å²) >= 11 is 0. The number of amides is 2. The minimum atomic E-state index is -0.223. The van der Waals surface area contributed by atoms with Crippen LogP contribution in [0.25, 0.3) is 11.3 Å². The normalized spacial score (nSPS) is 20.8. The van der Waals surface area contributed by atoms with E-state index in [9.17, 15) is 4.79 Å². The summed E-state index contributed by atoms with van der Waals surface area (Å²) in [4.78, 5) is 21.8. The van der Waals surface area contributed by atoms with E-state index in [1.807, 2.05) is 24.3 Å². The number of aromatic amines is 1. The molecule has 0 radical (unpaired) electrons. The van der Waals surface area contributed by atoms with Gasteiger partial charge in [-0.15, -0.1) is 0 Å². The number of ether oxygens (including phenoxy) is 1. The summed E-state index contributed by atoms with van der Waals surface area (Å²) in [5.74, 6) is 0. The monoisotopic (exact) mass is 343 g/mol. The first-order valence-corrected chi connectivity index (χ1v) is 8.50. The van der Waals surface area contributed by atoms with E-state index >= 15 is 0 Å². The van der Waals surface area contributed by atoms with Gasteiger partial charge in [0.2, 0.25) is 0 Å². The molecular formula is C18H25N5O2. The molecule has 0 aliphatic carbocycles. The number of imidazole rings is 1. The molecule has 1 saturated heterocycles. The fourth-order valence-electron chi connectivity index (χ4n) is 3.12. The lowest BCUT2D eigenvalue weighted by molar-refractivity contribution is 0.0896. The van der Waals surface area contributed by atoms with Crippen LogP contribution < -0.4 is 10.6 Å². The van der Waals surface area contributed by atoms with Crippen molar-refractivity contribution < 1.29 is 9.53 Å². The van der Waals surface area contributed by atoms with Crippen LogP contribution in [0.15, 0.2) is 36.8 Å². The van der Waals surface area contributed by atoms with Gasteiger partial charge < -0.3 is 20.4 Å². The van der Waals surface area contributed by atoms with Gasteiger partial charge in [-0.1, -0.05) is 12.1 Å². The number of carbonyl (C=O) groups is 1. The smallest absolute Gasteiger partial charge is 0.319 e. The molecule has 2 aromatic rings. The van der Waals surface area contributed by atoms with Crippen LogP contribution in [0.3, 0.4) is 0 Å². The quantitative estimate of drug-likeness (QED) is 0.778. The lowest BCUT2D eigenvalue weighted by Gasteiger charge is -2.20. The van der Waals surface area contributed by atoms with Gasteiger partial charge in [-0.05, 0) is 26.0 Å². The molecule has 7 nitrogen and oxygen atoms in total. The van der Waals surface area contributed by atoms with E-state index in [-0.39, 0.29) is 18.2 Å². The van der Waals surface area contributed by atoms with Gasteiger partial charge >= 0.3 is 6.03 Å². The number of urea groups is 1. The lowest BCUT2D eigenvalue weighted by atomic mass is 10.1. The molecule has 134 valence electrons. The molecule has 0 bridgehead atoms. The van der Waals surface area contributed by atoms with E-state index in [0.717, 1.165) is 30.0 Å². The van der Waals surface area contributed by atoms with Crippen LogP contribution in [0.1, 0.15) is 13.8 Å². The highest BCUT2D eigenvalue weighted by atomic mass is 16.5. The summed E-state index contributed by atoms with van der Waals surface area (Å²) in [5.41, 5.74) is 2.61. The highest BCUT2D eigenvalue weighted by Gasteiger charge is 2.34. The molecule has 1 aliphatic heterocycles. The largest absolute Gasteiger partial charge is 0.378 e. The number of carbonyl (C=O) groups excluding carboxylic acids is 1. The van der Waals surface area contributed by atoms with E-state index in [0.29, 0.717) is 6.04 Å². The topological polar surface area (TPSA) is 82.3 Å². The maximum atomic E-state index is 12.4. The van der Waals surface area contributed by atoms with E-state index < -0.39 is 0 Å². The van der Waals surface area contributed by atoms with Gasteiger partial charge in [-0.25, -0.2) is 9.78 Å². The predicted molar refractivity (Wildman–Crippen MR) is 97.5 cm³/mol. The molecule has 1 aromatic heterocycles. The minimum Gasteiger partial charge on any atom is -0.378 e. The SMILES string of the molecule is CO[C@@H]1CN(C(C)C)C[C@H]1NC(=O)Nc1cccc(-c2cnc[nH]2)c1. The van der Waals surface area contributed by atoms with Gasteiger partial charge in [0.15, 0.2) is 0 Å². The number of likely N-dealkylation sites (tertiary alicyclic amines) is 1. The number of hydrogen-bond acceptors (Lipinski definition) is 4. The molecule has 2 amide bonds. The predicted octanol–water partition coefficient (Wildman–Crippen LogP) is 2.31. The fourth-order valence-corrected chi connectivity index (χ4v) is 3.12. The number of rotatable bonds is 5. The Kier molecular flexibility index (Phi) is 5.35.